The van der Waals surface area contributed by atoms with E-state index in [1.165, 1.54) is 12.3 Å². The van der Waals surface area contributed by atoms with Crippen molar-refractivity contribution in [1.82, 2.24) is 9.88 Å². The van der Waals surface area contributed by atoms with Crippen LogP contribution in [0.25, 0.3) is 0 Å². The number of halogens is 3. The maximum absolute atomic E-state index is 13.3. The van der Waals surface area contributed by atoms with Crippen molar-refractivity contribution in [2.45, 2.75) is 56.8 Å². The number of alkyl halides is 3. The van der Waals surface area contributed by atoms with Crippen LogP contribution in [0, 0.1) is 5.92 Å². The van der Waals surface area contributed by atoms with Crippen LogP contribution in [0.15, 0.2) is 18.3 Å². The number of carbonyl (C=O) groups is 1. The van der Waals surface area contributed by atoms with Gasteiger partial charge in [0, 0.05) is 38.4 Å². The fourth-order valence-corrected chi connectivity index (χ4v) is 4.20. The molecule has 1 amide bonds. The highest BCUT2D eigenvalue weighted by molar-refractivity contribution is 5.80. The van der Waals surface area contributed by atoms with Crippen LogP contribution < -0.4 is 10.6 Å². The largest absolute Gasteiger partial charge is 0.419 e. The SMILES string of the molecule is CN(C(=O)[C@@H]1CCCN(c2ncccc2C(F)(F)F)C1)C1CCC(N)CC1. The van der Waals surface area contributed by atoms with Crippen LogP contribution in [0.1, 0.15) is 44.1 Å². The number of pyridine rings is 1. The Kier molecular flexibility index (Phi) is 5.93. The molecule has 2 N–H and O–H groups in total. The molecule has 1 atom stereocenters. The predicted molar refractivity (Wildman–Crippen MR) is 97.2 cm³/mol. The number of rotatable bonds is 3. The Labute approximate surface area is 157 Å². The van der Waals surface area contributed by atoms with Gasteiger partial charge in [0.2, 0.25) is 5.91 Å². The summed E-state index contributed by atoms with van der Waals surface area (Å²) >= 11 is 0. The van der Waals surface area contributed by atoms with Crippen molar-refractivity contribution in [1.29, 1.82) is 0 Å². The van der Waals surface area contributed by atoms with Gasteiger partial charge >= 0.3 is 6.18 Å². The van der Waals surface area contributed by atoms with Crippen molar-refractivity contribution in [3.63, 3.8) is 0 Å². The third-order valence-corrected chi connectivity index (χ3v) is 5.80. The number of nitrogens with zero attached hydrogens (tertiary/aromatic N) is 3. The van der Waals surface area contributed by atoms with Crippen molar-refractivity contribution in [2.24, 2.45) is 11.7 Å². The normalized spacial score (nSPS) is 26.7. The third-order valence-electron chi connectivity index (χ3n) is 5.80. The predicted octanol–water partition coefficient (Wildman–Crippen LogP) is 3.05. The maximum atomic E-state index is 13.3. The molecule has 8 heteroatoms. The molecular weight excluding hydrogens is 357 g/mol. The van der Waals surface area contributed by atoms with E-state index in [1.807, 2.05) is 7.05 Å². The standard InChI is InChI=1S/C19H27F3N4O/c1-25(15-8-6-14(23)7-9-15)18(27)13-4-3-11-26(12-13)17-16(19(20,21)22)5-2-10-24-17/h2,5,10,13-15H,3-4,6-9,11-12,23H2,1H3/t13-,14?,15?/m1/s1. The lowest BCUT2D eigenvalue weighted by Crippen LogP contribution is -2.48. The number of hydrogen-bond donors (Lipinski definition) is 1. The van der Waals surface area contributed by atoms with Crippen molar-refractivity contribution in [2.75, 3.05) is 25.0 Å². The second kappa shape index (κ2) is 8.04. The smallest absolute Gasteiger partial charge is 0.355 e. The summed E-state index contributed by atoms with van der Waals surface area (Å²) < 4.78 is 39.9. The van der Waals surface area contributed by atoms with E-state index in [-0.39, 0.29) is 36.3 Å². The molecule has 150 valence electrons. The first kappa shape index (κ1) is 19.9. The van der Waals surface area contributed by atoms with Gasteiger partial charge in [-0.25, -0.2) is 4.98 Å². The fraction of sp³-hybridized carbons (Fsp3) is 0.684. The summed E-state index contributed by atoms with van der Waals surface area (Å²) in [6.45, 7) is 0.751. The minimum absolute atomic E-state index is 0.0182. The van der Waals surface area contributed by atoms with Gasteiger partial charge in [-0.05, 0) is 50.7 Å². The molecule has 27 heavy (non-hydrogen) atoms. The molecule has 2 aliphatic rings. The molecule has 0 bridgehead atoms. The van der Waals surface area contributed by atoms with Gasteiger partial charge in [-0.2, -0.15) is 13.2 Å². The zero-order chi connectivity index (χ0) is 19.6. The van der Waals surface area contributed by atoms with Gasteiger partial charge in [0.1, 0.15) is 5.82 Å². The topological polar surface area (TPSA) is 62.5 Å². The summed E-state index contributed by atoms with van der Waals surface area (Å²) in [5.74, 6) is -0.360. The van der Waals surface area contributed by atoms with E-state index >= 15 is 0 Å². The number of aromatic nitrogens is 1. The molecular formula is C19H27F3N4O. The van der Waals surface area contributed by atoms with Crippen LogP contribution in [0.5, 0.6) is 0 Å². The molecule has 2 heterocycles. The highest BCUT2D eigenvalue weighted by Crippen LogP contribution is 2.36. The van der Waals surface area contributed by atoms with Gasteiger partial charge < -0.3 is 15.5 Å². The summed E-state index contributed by atoms with van der Waals surface area (Å²) in [6, 6.07) is 2.72. The number of carbonyl (C=O) groups excluding carboxylic acids is 1. The van der Waals surface area contributed by atoms with E-state index < -0.39 is 11.7 Å². The second-order valence-electron chi connectivity index (χ2n) is 7.68. The van der Waals surface area contributed by atoms with Crippen LogP contribution in [-0.4, -0.2) is 48.0 Å². The molecule has 1 saturated carbocycles. The summed E-state index contributed by atoms with van der Waals surface area (Å²) in [7, 11) is 1.81. The van der Waals surface area contributed by atoms with Crippen molar-refractivity contribution < 1.29 is 18.0 Å². The van der Waals surface area contributed by atoms with Crippen molar-refractivity contribution in [3.05, 3.63) is 23.9 Å². The van der Waals surface area contributed by atoms with Gasteiger partial charge in [0.25, 0.3) is 0 Å². The van der Waals surface area contributed by atoms with Gasteiger partial charge in [-0.1, -0.05) is 0 Å². The first-order valence-electron chi connectivity index (χ1n) is 9.56. The first-order valence-corrected chi connectivity index (χ1v) is 9.56. The molecule has 2 fully saturated rings. The number of nitrogens with two attached hydrogens (primary N) is 1. The van der Waals surface area contributed by atoms with Gasteiger partial charge in [0.05, 0.1) is 11.5 Å². The zero-order valence-corrected chi connectivity index (χ0v) is 15.6. The van der Waals surface area contributed by atoms with Crippen LogP contribution in [0.3, 0.4) is 0 Å². The molecule has 1 aliphatic carbocycles. The van der Waals surface area contributed by atoms with Gasteiger partial charge in [-0.3, -0.25) is 4.79 Å². The minimum atomic E-state index is -4.46. The van der Waals surface area contributed by atoms with Crippen molar-refractivity contribution >= 4 is 11.7 Å². The fourth-order valence-electron chi connectivity index (χ4n) is 4.20. The van der Waals surface area contributed by atoms with E-state index in [4.69, 9.17) is 5.73 Å². The molecule has 1 aromatic rings. The van der Waals surface area contributed by atoms with E-state index in [0.717, 1.165) is 31.7 Å². The van der Waals surface area contributed by atoms with Crippen LogP contribution in [0.2, 0.25) is 0 Å². The highest BCUT2D eigenvalue weighted by atomic mass is 19.4. The lowest BCUT2D eigenvalue weighted by Gasteiger charge is -2.39. The Balaban J connectivity index is 1.70. The molecule has 5 nitrogen and oxygen atoms in total. The average molecular weight is 384 g/mol. The molecule has 0 unspecified atom stereocenters. The first-order chi connectivity index (χ1) is 12.8. The lowest BCUT2D eigenvalue weighted by atomic mass is 9.89. The minimum Gasteiger partial charge on any atom is -0.355 e. The second-order valence-corrected chi connectivity index (χ2v) is 7.68. The van der Waals surface area contributed by atoms with E-state index in [1.54, 1.807) is 9.80 Å². The van der Waals surface area contributed by atoms with Crippen LogP contribution in [-0.2, 0) is 11.0 Å². The molecule has 0 spiro atoms. The Morgan fingerprint density at radius 1 is 1.26 bits per heavy atom. The van der Waals surface area contributed by atoms with Crippen LogP contribution in [0.4, 0.5) is 19.0 Å². The Bertz CT molecular complexity index is 659. The molecule has 1 aliphatic heterocycles. The lowest BCUT2D eigenvalue weighted by molar-refractivity contribution is -0.137. The third kappa shape index (κ3) is 4.54. The monoisotopic (exact) mass is 384 g/mol. The Hall–Kier alpha value is -1.83. The number of hydrogen-bond acceptors (Lipinski definition) is 4. The molecule has 0 radical (unpaired) electrons. The Morgan fingerprint density at radius 3 is 2.63 bits per heavy atom. The molecule has 3 rings (SSSR count). The van der Waals surface area contributed by atoms with Crippen LogP contribution >= 0.6 is 0 Å². The zero-order valence-electron chi connectivity index (χ0n) is 15.6. The molecule has 1 saturated heterocycles. The van der Waals surface area contributed by atoms with Gasteiger partial charge in [0.15, 0.2) is 0 Å². The van der Waals surface area contributed by atoms with E-state index in [0.29, 0.717) is 19.4 Å². The summed E-state index contributed by atoms with van der Waals surface area (Å²) in [6.07, 6.45) is 1.86. The Morgan fingerprint density at radius 2 is 1.96 bits per heavy atom. The summed E-state index contributed by atoms with van der Waals surface area (Å²) in [5, 5.41) is 0. The quantitative estimate of drug-likeness (QED) is 0.870. The van der Waals surface area contributed by atoms with E-state index in [2.05, 4.69) is 4.98 Å². The van der Waals surface area contributed by atoms with E-state index in [9.17, 15) is 18.0 Å². The summed E-state index contributed by atoms with van der Waals surface area (Å²) in [4.78, 5) is 20.3. The number of anilines is 1. The average Bonchev–Trinajstić information content (AvgIpc) is 2.67. The van der Waals surface area contributed by atoms with Gasteiger partial charge in [-0.15, -0.1) is 0 Å². The highest BCUT2D eigenvalue weighted by Gasteiger charge is 2.38. The number of amides is 1. The maximum Gasteiger partial charge on any atom is 0.419 e. The number of piperidine rings is 1. The summed E-state index contributed by atoms with van der Waals surface area (Å²) in [5.41, 5.74) is 5.20. The van der Waals surface area contributed by atoms with Crippen molar-refractivity contribution in [3.8, 4) is 0 Å². The molecule has 1 aromatic heterocycles. The molecule has 0 aromatic carbocycles.